The molecular formula is C27H25N5O2S. The Bertz CT molecular complexity index is 1330. The van der Waals surface area contributed by atoms with Gasteiger partial charge in [-0.05, 0) is 28.6 Å². The van der Waals surface area contributed by atoms with E-state index >= 15 is 0 Å². The minimum atomic E-state index is -0.0215. The quantitative estimate of drug-likeness (QED) is 0.296. The first-order valence-electron chi connectivity index (χ1n) is 11.5. The van der Waals surface area contributed by atoms with Crippen LogP contribution < -0.4 is 10.1 Å². The van der Waals surface area contributed by atoms with Crippen LogP contribution in [0.1, 0.15) is 34.2 Å². The number of amides is 1. The van der Waals surface area contributed by atoms with Gasteiger partial charge in [0.2, 0.25) is 11.8 Å². The third-order valence-electron chi connectivity index (χ3n) is 5.68. The van der Waals surface area contributed by atoms with Crippen molar-refractivity contribution in [2.75, 3.05) is 13.2 Å². The molecule has 7 nitrogen and oxygen atoms in total. The van der Waals surface area contributed by atoms with Crippen molar-refractivity contribution in [2.24, 2.45) is 0 Å². The number of nitrogens with zero attached hydrogens (tertiary/aromatic N) is 4. The normalized spacial score (nSPS) is 11.1. The van der Waals surface area contributed by atoms with Crippen molar-refractivity contribution in [3.63, 3.8) is 0 Å². The van der Waals surface area contributed by atoms with Gasteiger partial charge in [0.05, 0.1) is 6.54 Å². The molecule has 0 saturated heterocycles. The second-order valence-corrected chi connectivity index (χ2v) is 9.12. The maximum atomic E-state index is 12.7. The Balaban J connectivity index is 1.16. The summed E-state index contributed by atoms with van der Waals surface area (Å²) in [5.41, 5.74) is 2.91. The first-order chi connectivity index (χ1) is 17.3. The molecule has 0 fully saturated rings. The summed E-state index contributed by atoms with van der Waals surface area (Å²) in [5.74, 6) is 1.20. The van der Waals surface area contributed by atoms with Crippen LogP contribution >= 0.6 is 11.3 Å². The SMILES string of the molecule is O=C(CC(c1ccccc1)c1ccccc1)NCCOc1ccc2nnc(Cc3cccs3)n2n1. The van der Waals surface area contributed by atoms with Gasteiger partial charge in [-0.2, -0.15) is 4.52 Å². The minimum absolute atomic E-state index is 0.00194. The molecule has 0 radical (unpaired) electrons. The summed E-state index contributed by atoms with van der Waals surface area (Å²) in [6.45, 7) is 0.701. The van der Waals surface area contributed by atoms with E-state index in [0.717, 1.165) is 17.0 Å². The zero-order valence-electron chi connectivity index (χ0n) is 19.1. The lowest BCUT2D eigenvalue weighted by molar-refractivity contribution is -0.121. The van der Waals surface area contributed by atoms with E-state index in [1.807, 2.05) is 53.9 Å². The van der Waals surface area contributed by atoms with E-state index in [9.17, 15) is 4.79 Å². The van der Waals surface area contributed by atoms with Crippen LogP contribution in [0.15, 0.2) is 90.3 Å². The molecule has 0 aliphatic heterocycles. The number of fused-ring (bicyclic) bond motifs is 1. The molecule has 1 N–H and O–H groups in total. The predicted molar refractivity (Wildman–Crippen MR) is 136 cm³/mol. The van der Waals surface area contributed by atoms with Crippen LogP contribution in [0.5, 0.6) is 5.88 Å². The Morgan fingerprint density at radius 1 is 0.914 bits per heavy atom. The highest BCUT2D eigenvalue weighted by atomic mass is 32.1. The average molecular weight is 484 g/mol. The highest BCUT2D eigenvalue weighted by Crippen LogP contribution is 2.27. The van der Waals surface area contributed by atoms with E-state index in [4.69, 9.17) is 4.74 Å². The lowest BCUT2D eigenvalue weighted by Crippen LogP contribution is -2.29. The second-order valence-electron chi connectivity index (χ2n) is 8.09. The largest absolute Gasteiger partial charge is 0.475 e. The fourth-order valence-electron chi connectivity index (χ4n) is 3.98. The molecule has 176 valence electrons. The van der Waals surface area contributed by atoms with E-state index < -0.39 is 0 Å². The van der Waals surface area contributed by atoms with Crippen molar-refractivity contribution in [2.45, 2.75) is 18.8 Å². The van der Waals surface area contributed by atoms with Gasteiger partial charge in [0.15, 0.2) is 11.5 Å². The van der Waals surface area contributed by atoms with Crippen molar-refractivity contribution in [3.8, 4) is 5.88 Å². The first-order valence-corrected chi connectivity index (χ1v) is 12.4. The van der Waals surface area contributed by atoms with Crippen LogP contribution in [0, 0.1) is 0 Å². The van der Waals surface area contributed by atoms with E-state index in [1.165, 1.54) is 4.88 Å². The lowest BCUT2D eigenvalue weighted by Gasteiger charge is -2.18. The molecule has 0 saturated carbocycles. The molecule has 8 heteroatoms. The molecule has 0 atom stereocenters. The maximum Gasteiger partial charge on any atom is 0.231 e. The zero-order chi connectivity index (χ0) is 23.9. The van der Waals surface area contributed by atoms with Gasteiger partial charge in [-0.3, -0.25) is 4.79 Å². The van der Waals surface area contributed by atoms with Crippen molar-refractivity contribution in [1.82, 2.24) is 25.1 Å². The van der Waals surface area contributed by atoms with E-state index in [1.54, 1.807) is 21.9 Å². The smallest absolute Gasteiger partial charge is 0.231 e. The summed E-state index contributed by atoms with van der Waals surface area (Å²) in [6.07, 6.45) is 1.03. The molecule has 0 unspecified atom stereocenters. The monoisotopic (exact) mass is 483 g/mol. The van der Waals surface area contributed by atoms with Crippen molar-refractivity contribution < 1.29 is 9.53 Å². The number of carbonyl (C=O) groups is 1. The van der Waals surface area contributed by atoms with Gasteiger partial charge < -0.3 is 10.1 Å². The molecule has 0 aliphatic rings. The highest BCUT2D eigenvalue weighted by Gasteiger charge is 2.18. The number of thiophene rings is 1. The van der Waals surface area contributed by atoms with Gasteiger partial charge in [-0.1, -0.05) is 66.7 Å². The molecule has 3 aromatic heterocycles. The molecule has 0 aliphatic carbocycles. The molecule has 5 aromatic rings. The number of hydrogen-bond donors (Lipinski definition) is 1. The zero-order valence-corrected chi connectivity index (χ0v) is 19.9. The Morgan fingerprint density at radius 3 is 2.34 bits per heavy atom. The molecule has 1 amide bonds. The fraction of sp³-hybridized carbons (Fsp3) is 0.185. The standard InChI is InChI=1S/C27H25N5O2S/c33-26(19-23(20-8-3-1-4-9-20)21-10-5-2-6-11-21)28-15-16-34-27-14-13-24-29-30-25(32(24)31-27)18-22-12-7-17-35-22/h1-14,17,23H,15-16,18-19H2,(H,28,33). The third-order valence-corrected chi connectivity index (χ3v) is 6.56. The van der Waals surface area contributed by atoms with E-state index in [0.29, 0.717) is 37.5 Å². The Morgan fingerprint density at radius 2 is 1.66 bits per heavy atom. The Kier molecular flexibility index (Phi) is 7.10. The van der Waals surface area contributed by atoms with Gasteiger partial charge in [0, 0.05) is 29.7 Å². The van der Waals surface area contributed by atoms with E-state index in [-0.39, 0.29) is 11.8 Å². The number of nitrogens with one attached hydrogen (secondary N) is 1. The van der Waals surface area contributed by atoms with Crippen molar-refractivity contribution >= 4 is 22.9 Å². The maximum absolute atomic E-state index is 12.7. The second kappa shape index (κ2) is 10.9. The molecular weight excluding hydrogens is 458 g/mol. The van der Waals surface area contributed by atoms with Crippen molar-refractivity contribution in [3.05, 3.63) is 112 Å². The number of ether oxygens (including phenoxy) is 1. The van der Waals surface area contributed by atoms with Gasteiger partial charge >= 0.3 is 0 Å². The predicted octanol–water partition coefficient (Wildman–Crippen LogP) is 4.49. The summed E-state index contributed by atoms with van der Waals surface area (Å²) in [7, 11) is 0. The molecule has 35 heavy (non-hydrogen) atoms. The number of rotatable bonds is 10. The Hall–Kier alpha value is -4.04. The van der Waals surface area contributed by atoms with Crippen LogP contribution in [0.3, 0.4) is 0 Å². The van der Waals surface area contributed by atoms with Gasteiger partial charge in [-0.15, -0.1) is 26.6 Å². The summed E-state index contributed by atoms with van der Waals surface area (Å²) < 4.78 is 7.51. The van der Waals surface area contributed by atoms with Crippen LogP contribution in [-0.4, -0.2) is 38.9 Å². The number of carbonyl (C=O) groups excluding carboxylic acids is 1. The molecule has 2 aromatic carbocycles. The highest BCUT2D eigenvalue weighted by molar-refractivity contribution is 7.09. The van der Waals surface area contributed by atoms with Crippen LogP contribution in [-0.2, 0) is 11.2 Å². The number of hydrogen-bond acceptors (Lipinski definition) is 6. The lowest BCUT2D eigenvalue weighted by atomic mass is 9.88. The van der Waals surface area contributed by atoms with Gasteiger partial charge in [0.1, 0.15) is 6.61 Å². The van der Waals surface area contributed by atoms with Crippen LogP contribution in [0.25, 0.3) is 5.65 Å². The average Bonchev–Trinajstić information content (AvgIpc) is 3.56. The molecule has 0 spiro atoms. The Labute approximate surface area is 207 Å². The van der Waals surface area contributed by atoms with E-state index in [2.05, 4.69) is 50.9 Å². The summed E-state index contributed by atoms with van der Waals surface area (Å²) >= 11 is 1.67. The topological polar surface area (TPSA) is 81.4 Å². The number of aromatic nitrogens is 4. The minimum Gasteiger partial charge on any atom is -0.475 e. The number of benzene rings is 2. The summed E-state index contributed by atoms with van der Waals surface area (Å²) in [5, 5.41) is 18.0. The summed E-state index contributed by atoms with van der Waals surface area (Å²) in [6, 6.07) is 27.9. The third kappa shape index (κ3) is 5.73. The van der Waals surface area contributed by atoms with Crippen molar-refractivity contribution in [1.29, 1.82) is 0 Å². The molecule has 5 rings (SSSR count). The van der Waals surface area contributed by atoms with Crippen LogP contribution in [0.2, 0.25) is 0 Å². The molecule has 0 bridgehead atoms. The van der Waals surface area contributed by atoms with Crippen LogP contribution in [0.4, 0.5) is 0 Å². The first kappa shape index (κ1) is 22.7. The van der Waals surface area contributed by atoms with Gasteiger partial charge in [0.25, 0.3) is 0 Å². The fourth-order valence-corrected chi connectivity index (χ4v) is 4.68. The molecule has 3 heterocycles. The van der Waals surface area contributed by atoms with Gasteiger partial charge in [-0.25, -0.2) is 0 Å². The summed E-state index contributed by atoms with van der Waals surface area (Å²) in [4.78, 5) is 13.9.